The molecule has 0 amide bonds. The van der Waals surface area contributed by atoms with Crippen LogP contribution in [0.2, 0.25) is 0 Å². The van der Waals surface area contributed by atoms with Crippen molar-refractivity contribution in [1.82, 2.24) is 14.2 Å². The average molecular weight is 335 g/mol. The normalized spacial score (nSPS) is 18.8. The van der Waals surface area contributed by atoms with Crippen molar-refractivity contribution in [3.8, 4) is 0 Å². The zero-order valence-electron chi connectivity index (χ0n) is 12.3. The van der Waals surface area contributed by atoms with E-state index in [1.807, 2.05) is 0 Å². The van der Waals surface area contributed by atoms with Crippen LogP contribution in [0.1, 0.15) is 12.1 Å². The summed E-state index contributed by atoms with van der Waals surface area (Å²) in [5.74, 6) is 0. The first-order valence-electron chi connectivity index (χ1n) is 6.86. The van der Waals surface area contributed by atoms with Crippen LogP contribution in [0.5, 0.6) is 0 Å². The van der Waals surface area contributed by atoms with Crippen LogP contribution in [0, 0.1) is 6.92 Å². The van der Waals surface area contributed by atoms with Gasteiger partial charge in [-0.2, -0.15) is 4.31 Å². The molecule has 1 aliphatic rings. The maximum absolute atomic E-state index is 12.6. The number of nitrogens with one attached hydrogen (secondary N) is 1. The van der Waals surface area contributed by atoms with E-state index >= 15 is 0 Å². The summed E-state index contributed by atoms with van der Waals surface area (Å²) < 4.78 is 31.9. The largest absolute Gasteiger partial charge is 0.383 e. The molecule has 1 fully saturated rings. The quantitative estimate of drug-likeness (QED) is 0.824. The van der Waals surface area contributed by atoms with Crippen molar-refractivity contribution in [2.45, 2.75) is 17.6 Å². The summed E-state index contributed by atoms with van der Waals surface area (Å²) in [6.45, 7) is 5.54. The topological polar surface area (TPSA) is 82.7 Å². The summed E-state index contributed by atoms with van der Waals surface area (Å²) in [7, 11) is -1.92. The Bertz CT molecular complexity index is 623. The van der Waals surface area contributed by atoms with Gasteiger partial charge in [-0.05, 0) is 19.9 Å². The molecule has 0 atom stereocenters. The van der Waals surface area contributed by atoms with Gasteiger partial charge in [-0.15, -0.1) is 0 Å². The Morgan fingerprint density at radius 1 is 1.29 bits per heavy atom. The van der Waals surface area contributed by atoms with E-state index in [0.717, 1.165) is 30.8 Å². The minimum atomic E-state index is -3.58. The predicted molar refractivity (Wildman–Crippen MR) is 81.4 cm³/mol. The van der Waals surface area contributed by atoms with Crippen LogP contribution < -0.4 is 4.87 Å². The number of ether oxygens (including phenoxy) is 1. The Morgan fingerprint density at radius 3 is 2.67 bits per heavy atom. The molecule has 1 aliphatic heterocycles. The van der Waals surface area contributed by atoms with Gasteiger partial charge in [0.1, 0.15) is 0 Å². The van der Waals surface area contributed by atoms with Gasteiger partial charge >= 0.3 is 4.87 Å². The maximum Gasteiger partial charge on any atom is 0.305 e. The van der Waals surface area contributed by atoms with Gasteiger partial charge in [0.15, 0.2) is 4.21 Å². The minimum Gasteiger partial charge on any atom is -0.383 e. The van der Waals surface area contributed by atoms with Gasteiger partial charge in [-0.25, -0.2) is 8.42 Å². The molecule has 21 heavy (non-hydrogen) atoms. The monoisotopic (exact) mass is 335 g/mol. The number of aromatic nitrogens is 1. The molecule has 1 aromatic rings. The van der Waals surface area contributed by atoms with Crippen molar-refractivity contribution in [2.24, 2.45) is 0 Å². The SMILES string of the molecule is COCCN1CCCN(S(=O)(=O)c2sc(=O)[nH]c2C)CC1. The second kappa shape index (κ2) is 7.01. The first-order valence-corrected chi connectivity index (χ1v) is 9.12. The predicted octanol–water partition coefficient (Wildman–Crippen LogP) is 0.0876. The summed E-state index contributed by atoms with van der Waals surface area (Å²) in [4.78, 5) is 15.7. The van der Waals surface area contributed by atoms with E-state index in [0.29, 0.717) is 31.9 Å². The third-order valence-corrected chi connectivity index (χ3v) is 7.00. The lowest BCUT2D eigenvalue weighted by molar-refractivity contribution is 0.151. The number of aryl methyl sites for hydroxylation is 1. The van der Waals surface area contributed by atoms with Crippen LogP contribution in [0.4, 0.5) is 0 Å². The van der Waals surface area contributed by atoms with Gasteiger partial charge in [0.05, 0.1) is 6.61 Å². The molecule has 1 N–H and O–H groups in total. The molecular formula is C12H21N3O4S2. The fourth-order valence-electron chi connectivity index (χ4n) is 2.39. The van der Waals surface area contributed by atoms with Gasteiger partial charge in [0, 0.05) is 39.0 Å². The molecule has 7 nitrogen and oxygen atoms in total. The molecule has 9 heteroatoms. The third-order valence-electron chi connectivity index (χ3n) is 3.51. The number of H-pyrrole nitrogens is 1. The Kier molecular flexibility index (Phi) is 5.55. The average Bonchev–Trinajstić information content (AvgIpc) is 2.65. The molecule has 2 rings (SSSR count). The van der Waals surface area contributed by atoms with Gasteiger partial charge in [0.2, 0.25) is 0 Å². The van der Waals surface area contributed by atoms with Gasteiger partial charge in [0.25, 0.3) is 10.0 Å². The van der Waals surface area contributed by atoms with Crippen molar-refractivity contribution in [2.75, 3.05) is 46.4 Å². The summed E-state index contributed by atoms with van der Waals surface area (Å²) in [6.07, 6.45) is 0.779. The third kappa shape index (κ3) is 3.92. The molecular weight excluding hydrogens is 314 g/mol. The van der Waals surface area contributed by atoms with E-state index in [-0.39, 0.29) is 9.08 Å². The van der Waals surface area contributed by atoms with Gasteiger partial charge in [-0.1, -0.05) is 11.3 Å². The first-order chi connectivity index (χ1) is 9.95. The molecule has 0 spiro atoms. The molecule has 120 valence electrons. The van der Waals surface area contributed by atoms with Crippen molar-refractivity contribution < 1.29 is 13.2 Å². The summed E-state index contributed by atoms with van der Waals surface area (Å²) in [5, 5.41) is 0. The van der Waals surface area contributed by atoms with Crippen LogP contribution in [-0.4, -0.2) is 69.0 Å². The van der Waals surface area contributed by atoms with Crippen molar-refractivity contribution in [3.63, 3.8) is 0 Å². The highest BCUT2D eigenvalue weighted by Crippen LogP contribution is 2.22. The van der Waals surface area contributed by atoms with Gasteiger partial charge < -0.3 is 9.72 Å². The standard InChI is InChI=1S/C12H21N3O4S2/c1-10-11(20-12(16)13-10)21(17,18)15-5-3-4-14(6-7-15)8-9-19-2/h3-9H2,1-2H3,(H,13,16). The summed E-state index contributed by atoms with van der Waals surface area (Å²) >= 11 is 0.762. The number of aromatic amines is 1. The van der Waals surface area contributed by atoms with E-state index in [2.05, 4.69) is 9.88 Å². The van der Waals surface area contributed by atoms with Crippen molar-refractivity contribution in [3.05, 3.63) is 15.4 Å². The van der Waals surface area contributed by atoms with Crippen LogP contribution in [0.15, 0.2) is 9.00 Å². The number of rotatable bonds is 5. The molecule has 0 aromatic carbocycles. The van der Waals surface area contributed by atoms with Crippen LogP contribution in [0.3, 0.4) is 0 Å². The van der Waals surface area contributed by atoms with E-state index in [9.17, 15) is 13.2 Å². The minimum absolute atomic E-state index is 0.137. The molecule has 0 aliphatic carbocycles. The molecule has 1 saturated heterocycles. The number of hydrogen-bond acceptors (Lipinski definition) is 6. The summed E-state index contributed by atoms with van der Waals surface area (Å²) in [6, 6.07) is 0. The Balaban J connectivity index is 2.11. The highest BCUT2D eigenvalue weighted by Gasteiger charge is 2.30. The van der Waals surface area contributed by atoms with E-state index < -0.39 is 10.0 Å². The number of hydrogen-bond donors (Lipinski definition) is 1. The van der Waals surface area contributed by atoms with Crippen LogP contribution in [-0.2, 0) is 14.8 Å². The summed E-state index contributed by atoms with van der Waals surface area (Å²) in [5.41, 5.74) is 0.422. The number of sulfonamides is 1. The highest BCUT2D eigenvalue weighted by molar-refractivity contribution is 7.91. The Hall–Kier alpha value is -0.740. The van der Waals surface area contributed by atoms with Crippen LogP contribution >= 0.6 is 11.3 Å². The second-order valence-corrected chi connectivity index (χ2v) is 8.14. The van der Waals surface area contributed by atoms with Gasteiger partial charge in [-0.3, -0.25) is 9.69 Å². The Morgan fingerprint density at radius 2 is 2.05 bits per heavy atom. The lowest BCUT2D eigenvalue weighted by Crippen LogP contribution is -2.36. The maximum atomic E-state index is 12.6. The number of methoxy groups -OCH3 is 1. The molecule has 0 saturated carbocycles. The molecule has 2 heterocycles. The van der Waals surface area contributed by atoms with E-state index in [1.165, 1.54) is 4.31 Å². The number of nitrogens with zero attached hydrogens (tertiary/aromatic N) is 2. The molecule has 0 bridgehead atoms. The van der Waals surface area contributed by atoms with E-state index in [4.69, 9.17) is 4.74 Å². The first kappa shape index (κ1) is 16.6. The molecule has 0 unspecified atom stereocenters. The second-order valence-electron chi connectivity index (χ2n) is 5.02. The zero-order chi connectivity index (χ0) is 15.5. The zero-order valence-corrected chi connectivity index (χ0v) is 13.9. The molecule has 1 aromatic heterocycles. The van der Waals surface area contributed by atoms with E-state index in [1.54, 1.807) is 14.0 Å². The lowest BCUT2D eigenvalue weighted by atomic mass is 10.4. The van der Waals surface area contributed by atoms with Crippen LogP contribution in [0.25, 0.3) is 0 Å². The molecule has 0 radical (unpaired) electrons. The number of thiazole rings is 1. The lowest BCUT2D eigenvalue weighted by Gasteiger charge is -2.21. The highest BCUT2D eigenvalue weighted by atomic mass is 32.2. The fraction of sp³-hybridized carbons (Fsp3) is 0.750. The van der Waals surface area contributed by atoms with Crippen molar-refractivity contribution in [1.29, 1.82) is 0 Å². The fourth-order valence-corrected chi connectivity index (χ4v) is 5.29. The Labute approximate surface area is 128 Å². The van der Waals surface area contributed by atoms with Crippen molar-refractivity contribution >= 4 is 21.4 Å². The smallest absolute Gasteiger partial charge is 0.305 e.